The monoisotopic (exact) mass is 1040 g/mol. The number of Topliss-reactive ketones (excluding diaryl/α,β-unsaturated/α-hetero) is 2. The van der Waals surface area contributed by atoms with Crippen molar-refractivity contribution in [3.63, 3.8) is 0 Å². The van der Waals surface area contributed by atoms with Gasteiger partial charge < -0.3 is 53.6 Å². The van der Waals surface area contributed by atoms with Crippen molar-refractivity contribution in [2.24, 2.45) is 23.7 Å². The molecule has 3 aliphatic rings. The van der Waals surface area contributed by atoms with Crippen molar-refractivity contribution in [3.8, 4) is 11.3 Å². The maximum atomic E-state index is 14.5. The second kappa shape index (κ2) is 27.4. The molecule has 2 aromatic rings. The summed E-state index contributed by atoms with van der Waals surface area (Å²) in [5.41, 5.74) is -1.30. The highest BCUT2D eigenvalue weighted by molar-refractivity contribution is 5.83. The smallest absolute Gasteiger partial charge is 0.311 e. The number of esters is 1. The molecule has 0 bridgehead atoms. The molecule has 0 aliphatic carbocycles. The number of nitrogens with zero attached hydrogens (tertiary/aromatic N) is 4. The van der Waals surface area contributed by atoms with Gasteiger partial charge in [0.1, 0.15) is 35.9 Å². The summed E-state index contributed by atoms with van der Waals surface area (Å²) in [6.45, 7) is 18.6. The Morgan fingerprint density at radius 1 is 0.838 bits per heavy atom. The van der Waals surface area contributed by atoms with Crippen molar-refractivity contribution in [3.05, 3.63) is 36.0 Å². The summed E-state index contributed by atoms with van der Waals surface area (Å²) in [6.07, 6.45) is 2.09. The number of unbranched alkanes of at least 4 members (excludes halogenated alkanes) is 5. The Kier molecular flexibility index (Phi) is 22.8. The highest BCUT2D eigenvalue weighted by Gasteiger charge is 2.53. The Labute approximate surface area is 440 Å². The van der Waals surface area contributed by atoms with Gasteiger partial charge in [0.2, 0.25) is 0 Å². The molecule has 1 aromatic carbocycles. The van der Waals surface area contributed by atoms with Crippen LogP contribution in [0.15, 0.2) is 30.5 Å². The molecule has 0 amide bonds. The number of cyclic esters (lactones) is 1. The number of rotatable bonds is 21. The minimum absolute atomic E-state index is 0.0410. The molecular formula is C56H92N4O14. The van der Waals surface area contributed by atoms with E-state index in [0.717, 1.165) is 68.3 Å². The molecule has 4 heterocycles. The lowest BCUT2D eigenvalue weighted by Crippen LogP contribution is -2.60. The highest BCUT2D eigenvalue weighted by Crippen LogP contribution is 2.42. The summed E-state index contributed by atoms with van der Waals surface area (Å²) in [5, 5.41) is 52.3. The van der Waals surface area contributed by atoms with E-state index in [2.05, 4.69) is 46.5 Å². The summed E-state index contributed by atoms with van der Waals surface area (Å²) in [4.78, 5) is 42.4. The van der Waals surface area contributed by atoms with E-state index in [-0.39, 0.29) is 49.6 Å². The van der Waals surface area contributed by atoms with Crippen LogP contribution in [0.2, 0.25) is 0 Å². The number of hydrogen-bond donors (Lipinski definition) is 4. The predicted octanol–water partition coefficient (Wildman–Crippen LogP) is 6.59. The van der Waals surface area contributed by atoms with Crippen LogP contribution >= 0.6 is 0 Å². The van der Waals surface area contributed by atoms with Crippen LogP contribution in [0.5, 0.6) is 0 Å². The van der Waals surface area contributed by atoms with Gasteiger partial charge in [-0.1, -0.05) is 82.9 Å². The fourth-order valence-corrected chi connectivity index (χ4v) is 11.6. The van der Waals surface area contributed by atoms with E-state index in [1.54, 1.807) is 48.7 Å². The van der Waals surface area contributed by atoms with Gasteiger partial charge in [-0.25, -0.2) is 0 Å². The maximum Gasteiger partial charge on any atom is 0.311 e. The first kappa shape index (κ1) is 61.6. The summed E-state index contributed by atoms with van der Waals surface area (Å²) in [6, 6.07) is 8.41. The van der Waals surface area contributed by atoms with E-state index in [0.29, 0.717) is 19.4 Å². The lowest BCUT2D eigenvalue weighted by molar-refractivity contribution is -0.309. The Hall–Kier alpha value is -3.27. The van der Waals surface area contributed by atoms with E-state index in [1.165, 1.54) is 14.0 Å². The third kappa shape index (κ3) is 15.5. The van der Waals surface area contributed by atoms with Gasteiger partial charge in [0.25, 0.3) is 0 Å². The third-order valence-corrected chi connectivity index (χ3v) is 16.6. The fraction of sp³-hybridized carbons (Fsp3) is 0.804. The van der Waals surface area contributed by atoms with Crippen molar-refractivity contribution < 1.29 is 68.0 Å². The molecule has 3 fully saturated rings. The van der Waals surface area contributed by atoms with Crippen molar-refractivity contribution in [2.45, 2.75) is 238 Å². The van der Waals surface area contributed by atoms with Crippen LogP contribution in [0.3, 0.4) is 0 Å². The predicted molar refractivity (Wildman–Crippen MR) is 277 cm³/mol. The summed E-state index contributed by atoms with van der Waals surface area (Å²) in [5.74, 6) is -4.42. The largest absolute Gasteiger partial charge is 0.459 e. The molecule has 18 nitrogen and oxygen atoms in total. The van der Waals surface area contributed by atoms with Crippen molar-refractivity contribution in [1.82, 2.24) is 19.9 Å². The lowest BCUT2D eigenvalue weighted by atomic mass is 9.74. The molecule has 0 saturated carbocycles. The van der Waals surface area contributed by atoms with E-state index >= 15 is 0 Å². The molecule has 1 aromatic heterocycles. The molecule has 0 spiro atoms. The van der Waals surface area contributed by atoms with Gasteiger partial charge in [-0.2, -0.15) is 0 Å². The zero-order valence-corrected chi connectivity index (χ0v) is 46.7. The number of methoxy groups -OCH3 is 2. The van der Waals surface area contributed by atoms with Crippen LogP contribution in [-0.4, -0.2) is 164 Å². The van der Waals surface area contributed by atoms with Crippen LogP contribution in [0.1, 0.15) is 152 Å². The van der Waals surface area contributed by atoms with Crippen LogP contribution < -0.4 is 0 Å². The SMILES string of the molecule is CCC1OC(=O)[C@H](C)[C@H](OC2C[C@@](C)(OC)[C@@H](O)[C@H](C)O2)[C@H](C)[C@@H](OC2C[C@@H](N(C)Cc3ccc(-c4cn(CCCCCCCCC(=O)CO)nn4)cc3)C[C@@H](C)O2)[C@@](C)(OC)C[C@@H](C)C(=O)[C@H](C)[C@@H](O)[C@]1(C)O. The van der Waals surface area contributed by atoms with Crippen LogP contribution in [0.4, 0.5) is 0 Å². The molecule has 3 saturated heterocycles. The molecule has 3 aliphatic heterocycles. The number of aromatic nitrogens is 3. The van der Waals surface area contributed by atoms with E-state index < -0.39 is 95.6 Å². The molecule has 4 N–H and O–H groups in total. The van der Waals surface area contributed by atoms with Crippen LogP contribution in [0, 0.1) is 23.7 Å². The Balaban J connectivity index is 1.36. The average Bonchev–Trinajstić information content (AvgIpc) is 3.86. The number of aryl methyl sites for hydroxylation is 1. The van der Waals surface area contributed by atoms with Gasteiger partial charge in [-0.15, -0.1) is 5.10 Å². The number of hydrogen-bond acceptors (Lipinski definition) is 17. The molecule has 0 radical (unpaired) electrons. The molecule has 74 heavy (non-hydrogen) atoms. The molecule has 3 unspecified atom stereocenters. The lowest BCUT2D eigenvalue weighted by Gasteiger charge is -2.49. The average molecular weight is 1050 g/mol. The van der Waals surface area contributed by atoms with Gasteiger partial charge >= 0.3 is 5.97 Å². The van der Waals surface area contributed by atoms with Gasteiger partial charge in [0, 0.05) is 75.9 Å². The van der Waals surface area contributed by atoms with E-state index in [9.17, 15) is 29.7 Å². The first-order valence-corrected chi connectivity index (χ1v) is 27.3. The molecule has 420 valence electrons. The number of aliphatic hydroxyl groups is 4. The zero-order chi connectivity index (χ0) is 54.7. The van der Waals surface area contributed by atoms with E-state index in [1.807, 2.05) is 31.6 Å². The topological polar surface area (TPSA) is 231 Å². The zero-order valence-electron chi connectivity index (χ0n) is 46.7. The van der Waals surface area contributed by atoms with Gasteiger partial charge in [-0.3, -0.25) is 24.0 Å². The van der Waals surface area contributed by atoms with Crippen molar-refractivity contribution in [1.29, 1.82) is 0 Å². The fourth-order valence-electron chi connectivity index (χ4n) is 11.6. The molecule has 17 atom stereocenters. The van der Waals surface area contributed by atoms with Gasteiger partial charge in [0.05, 0.1) is 53.8 Å². The number of ether oxygens (including phenoxy) is 7. The molecular weight excluding hydrogens is 953 g/mol. The maximum absolute atomic E-state index is 14.5. The number of ketones is 2. The number of aliphatic hydroxyl groups excluding tert-OH is 3. The number of carbonyl (C=O) groups excluding carboxylic acids is 3. The minimum Gasteiger partial charge on any atom is -0.459 e. The van der Waals surface area contributed by atoms with Crippen LogP contribution in [0.25, 0.3) is 11.3 Å². The van der Waals surface area contributed by atoms with Crippen LogP contribution in [-0.2, 0) is 60.6 Å². The Morgan fingerprint density at radius 3 is 2.12 bits per heavy atom. The number of benzene rings is 1. The molecule has 18 heteroatoms. The first-order valence-electron chi connectivity index (χ1n) is 27.3. The normalized spacial score (nSPS) is 36.9. The number of carbonyl (C=O) groups is 3. The van der Waals surface area contributed by atoms with Crippen molar-refractivity contribution >= 4 is 17.5 Å². The summed E-state index contributed by atoms with van der Waals surface area (Å²) >= 11 is 0. The Morgan fingerprint density at radius 2 is 1.49 bits per heavy atom. The minimum atomic E-state index is -1.97. The summed E-state index contributed by atoms with van der Waals surface area (Å²) < 4.78 is 47.2. The quantitative estimate of drug-likeness (QED) is 0.0763. The second-order valence-corrected chi connectivity index (χ2v) is 22.6. The third-order valence-electron chi connectivity index (χ3n) is 16.6. The van der Waals surface area contributed by atoms with Gasteiger partial charge in [-0.05, 0) is 86.3 Å². The van der Waals surface area contributed by atoms with Crippen molar-refractivity contribution in [2.75, 3.05) is 27.9 Å². The van der Waals surface area contributed by atoms with E-state index in [4.69, 9.17) is 38.3 Å². The Bertz CT molecular complexity index is 2070. The summed E-state index contributed by atoms with van der Waals surface area (Å²) in [7, 11) is 5.19. The highest BCUT2D eigenvalue weighted by atomic mass is 16.7. The first-order chi connectivity index (χ1) is 34.9. The second-order valence-electron chi connectivity index (χ2n) is 22.6. The van der Waals surface area contributed by atoms with Gasteiger partial charge in [0.15, 0.2) is 18.4 Å². The standard InChI is InChI=1S/C56H92N4O14/c1-14-45-56(10,67)50(64)36(4)48(63)34(2)29-55(9,69-13)52(37(5)49(38(6)53(66)72-45)73-47-30-54(8,68-12)51(65)39(7)71-47)74-46-28-42(27-35(3)70-46)59(11)31-40-22-24-41(25-23-40)44-32-60(58-57-44)26-20-18-16-15-17-19-21-43(62)33-61/h22-25,32,34-39,42,45-47,49-52,61,64-65,67H,14-21,26-31,33H2,1-13H3/t34-,35-,36+,37+,38-,39+,42+,45?,46?,47?,49-,50-,51+,52-,54-,55+,56-/m1/s1. The molecule has 5 rings (SSSR count).